The molecule has 0 bridgehead atoms. The SMILES string of the molecule is Cc1ccc(N(C)S(=O)(=O)c2ccc(F)c(C)c2)cc1N. The van der Waals surface area contributed by atoms with E-state index in [9.17, 15) is 12.8 Å². The van der Waals surface area contributed by atoms with Gasteiger partial charge in [0, 0.05) is 12.7 Å². The largest absolute Gasteiger partial charge is 0.398 e. The Balaban J connectivity index is 2.46. The Bertz CT molecular complexity index is 788. The molecule has 2 rings (SSSR count). The fourth-order valence-corrected chi connectivity index (χ4v) is 3.17. The standard InChI is InChI=1S/C15H17FN2O2S/c1-10-4-5-12(9-15(10)17)18(3)21(19,20)13-6-7-14(16)11(2)8-13/h4-9H,17H2,1-3H3. The second-order valence-electron chi connectivity index (χ2n) is 4.92. The number of sulfonamides is 1. The van der Waals surface area contributed by atoms with Crippen LogP contribution in [0.5, 0.6) is 0 Å². The van der Waals surface area contributed by atoms with Crippen molar-refractivity contribution in [3.8, 4) is 0 Å². The van der Waals surface area contributed by atoms with Crippen LogP contribution in [0.15, 0.2) is 41.3 Å². The molecule has 0 unspecified atom stereocenters. The van der Waals surface area contributed by atoms with Gasteiger partial charge in [0.15, 0.2) is 0 Å². The third-order valence-electron chi connectivity index (χ3n) is 3.41. The topological polar surface area (TPSA) is 63.4 Å². The van der Waals surface area contributed by atoms with Crippen molar-refractivity contribution < 1.29 is 12.8 Å². The van der Waals surface area contributed by atoms with Crippen LogP contribution in [0.2, 0.25) is 0 Å². The first-order valence-electron chi connectivity index (χ1n) is 6.34. The first-order chi connectivity index (χ1) is 9.73. The van der Waals surface area contributed by atoms with Gasteiger partial charge >= 0.3 is 0 Å². The molecule has 6 heteroatoms. The number of nitrogens with two attached hydrogens (primary N) is 1. The van der Waals surface area contributed by atoms with E-state index in [4.69, 9.17) is 5.73 Å². The maximum absolute atomic E-state index is 13.3. The summed E-state index contributed by atoms with van der Waals surface area (Å²) >= 11 is 0. The van der Waals surface area contributed by atoms with Gasteiger partial charge in [0.25, 0.3) is 10.0 Å². The van der Waals surface area contributed by atoms with E-state index >= 15 is 0 Å². The number of rotatable bonds is 3. The van der Waals surface area contributed by atoms with Gasteiger partial charge < -0.3 is 5.73 Å². The van der Waals surface area contributed by atoms with Crippen molar-refractivity contribution >= 4 is 21.4 Å². The van der Waals surface area contributed by atoms with Crippen molar-refractivity contribution in [2.24, 2.45) is 0 Å². The smallest absolute Gasteiger partial charge is 0.264 e. The minimum Gasteiger partial charge on any atom is -0.398 e. The average molecular weight is 308 g/mol. The van der Waals surface area contributed by atoms with Crippen LogP contribution in [0.4, 0.5) is 15.8 Å². The van der Waals surface area contributed by atoms with Crippen molar-refractivity contribution in [2.45, 2.75) is 18.7 Å². The third-order valence-corrected chi connectivity index (χ3v) is 5.20. The molecule has 0 saturated carbocycles. The van der Waals surface area contributed by atoms with Crippen LogP contribution in [0.1, 0.15) is 11.1 Å². The molecule has 0 spiro atoms. The second kappa shape index (κ2) is 5.37. The van der Waals surface area contributed by atoms with E-state index in [1.165, 1.54) is 26.1 Å². The van der Waals surface area contributed by atoms with E-state index in [1.54, 1.807) is 18.2 Å². The number of benzene rings is 2. The van der Waals surface area contributed by atoms with Crippen molar-refractivity contribution in [3.05, 3.63) is 53.3 Å². The minimum absolute atomic E-state index is 0.0445. The molecule has 0 aliphatic heterocycles. The molecule has 2 aromatic carbocycles. The van der Waals surface area contributed by atoms with Crippen LogP contribution in [0.25, 0.3) is 0 Å². The lowest BCUT2D eigenvalue weighted by Crippen LogP contribution is -2.26. The molecule has 0 radical (unpaired) electrons. The van der Waals surface area contributed by atoms with Gasteiger partial charge in [-0.1, -0.05) is 6.07 Å². The number of nitrogen functional groups attached to an aromatic ring is 1. The molecule has 0 aromatic heterocycles. The predicted octanol–water partition coefficient (Wildman–Crippen LogP) is 2.85. The van der Waals surface area contributed by atoms with Gasteiger partial charge in [-0.05, 0) is 55.3 Å². The first-order valence-corrected chi connectivity index (χ1v) is 7.78. The highest BCUT2D eigenvalue weighted by molar-refractivity contribution is 7.92. The zero-order valence-electron chi connectivity index (χ0n) is 12.1. The molecule has 0 atom stereocenters. The van der Waals surface area contributed by atoms with Crippen LogP contribution in [-0.2, 0) is 10.0 Å². The summed E-state index contributed by atoms with van der Waals surface area (Å²) in [4.78, 5) is 0.0445. The van der Waals surface area contributed by atoms with Crippen LogP contribution in [0, 0.1) is 19.7 Å². The quantitative estimate of drug-likeness (QED) is 0.887. The normalized spacial score (nSPS) is 11.4. The lowest BCUT2D eigenvalue weighted by Gasteiger charge is -2.20. The highest BCUT2D eigenvalue weighted by Crippen LogP contribution is 2.26. The Hall–Kier alpha value is -2.08. The first kappa shape index (κ1) is 15.3. The highest BCUT2D eigenvalue weighted by Gasteiger charge is 2.22. The van der Waals surface area contributed by atoms with Gasteiger partial charge in [0.2, 0.25) is 0 Å². The van der Waals surface area contributed by atoms with Crippen molar-refractivity contribution in [1.29, 1.82) is 0 Å². The fourth-order valence-electron chi connectivity index (χ4n) is 1.90. The van der Waals surface area contributed by atoms with Crippen molar-refractivity contribution in [1.82, 2.24) is 0 Å². The monoisotopic (exact) mass is 308 g/mol. The van der Waals surface area contributed by atoms with E-state index in [0.717, 1.165) is 15.9 Å². The minimum atomic E-state index is -3.75. The van der Waals surface area contributed by atoms with Crippen LogP contribution < -0.4 is 10.0 Å². The van der Waals surface area contributed by atoms with Crippen molar-refractivity contribution in [2.75, 3.05) is 17.1 Å². The molecule has 4 nitrogen and oxygen atoms in total. The van der Waals surface area contributed by atoms with E-state index in [0.29, 0.717) is 11.4 Å². The molecule has 0 heterocycles. The number of anilines is 2. The summed E-state index contributed by atoms with van der Waals surface area (Å²) in [5.74, 6) is -0.434. The Morgan fingerprint density at radius 1 is 1.05 bits per heavy atom. The van der Waals surface area contributed by atoms with Gasteiger partial charge in [-0.15, -0.1) is 0 Å². The summed E-state index contributed by atoms with van der Waals surface area (Å²) in [5.41, 5.74) is 7.95. The number of aryl methyl sites for hydroxylation is 2. The maximum Gasteiger partial charge on any atom is 0.264 e. The van der Waals surface area contributed by atoms with Crippen molar-refractivity contribution in [3.63, 3.8) is 0 Å². The Morgan fingerprint density at radius 3 is 2.29 bits per heavy atom. The molecule has 0 saturated heterocycles. The lowest BCUT2D eigenvalue weighted by molar-refractivity contribution is 0.592. The Morgan fingerprint density at radius 2 is 1.71 bits per heavy atom. The summed E-state index contributed by atoms with van der Waals surface area (Å²) in [7, 11) is -2.31. The summed E-state index contributed by atoms with van der Waals surface area (Å²) in [5, 5.41) is 0. The third kappa shape index (κ3) is 2.85. The maximum atomic E-state index is 13.3. The van der Waals surface area contributed by atoms with Crippen LogP contribution in [0.3, 0.4) is 0 Å². The molecular weight excluding hydrogens is 291 g/mol. The Labute approximate surface area is 124 Å². The number of nitrogens with zero attached hydrogens (tertiary/aromatic N) is 1. The molecule has 0 amide bonds. The molecule has 2 aromatic rings. The van der Waals surface area contributed by atoms with Gasteiger partial charge in [-0.3, -0.25) is 4.31 Å². The predicted molar refractivity (Wildman–Crippen MR) is 82.3 cm³/mol. The average Bonchev–Trinajstić information content (AvgIpc) is 2.44. The van der Waals surface area contributed by atoms with Gasteiger partial charge in [0.1, 0.15) is 5.82 Å². The summed E-state index contributed by atoms with van der Waals surface area (Å²) < 4.78 is 39.5. The van der Waals surface area contributed by atoms with Gasteiger partial charge in [-0.25, -0.2) is 12.8 Å². The zero-order chi connectivity index (χ0) is 15.8. The number of halogens is 1. The molecule has 21 heavy (non-hydrogen) atoms. The highest BCUT2D eigenvalue weighted by atomic mass is 32.2. The van der Waals surface area contributed by atoms with Gasteiger partial charge in [-0.2, -0.15) is 0 Å². The van der Waals surface area contributed by atoms with Crippen LogP contribution >= 0.6 is 0 Å². The zero-order valence-corrected chi connectivity index (χ0v) is 12.9. The van der Waals surface area contributed by atoms with E-state index in [-0.39, 0.29) is 10.5 Å². The van der Waals surface area contributed by atoms with E-state index in [1.807, 2.05) is 6.92 Å². The molecule has 0 aliphatic carbocycles. The van der Waals surface area contributed by atoms with Crippen LogP contribution in [-0.4, -0.2) is 15.5 Å². The molecule has 0 aliphatic rings. The van der Waals surface area contributed by atoms with Gasteiger partial charge in [0.05, 0.1) is 10.6 Å². The number of hydrogen-bond donors (Lipinski definition) is 1. The summed E-state index contributed by atoms with van der Waals surface area (Å²) in [6.07, 6.45) is 0. The number of hydrogen-bond acceptors (Lipinski definition) is 3. The molecule has 112 valence electrons. The van der Waals surface area contributed by atoms with E-state index < -0.39 is 15.8 Å². The molecular formula is C15H17FN2O2S. The molecule has 2 N–H and O–H groups in total. The second-order valence-corrected chi connectivity index (χ2v) is 6.89. The molecule has 0 fully saturated rings. The summed E-state index contributed by atoms with van der Waals surface area (Å²) in [6, 6.07) is 8.76. The van der Waals surface area contributed by atoms with E-state index in [2.05, 4.69) is 0 Å². The Kier molecular flexibility index (Phi) is 3.91. The summed E-state index contributed by atoms with van der Waals surface area (Å²) in [6.45, 7) is 3.37. The fraction of sp³-hybridized carbons (Fsp3) is 0.200. The lowest BCUT2D eigenvalue weighted by atomic mass is 10.2.